The predicted octanol–water partition coefficient (Wildman–Crippen LogP) is 0.783. The average Bonchev–Trinajstić information content (AvgIpc) is 2.17. The molecule has 0 saturated carbocycles. The number of rotatable bonds is 3. The number of ether oxygens (including phenoxy) is 1. The van der Waals surface area contributed by atoms with E-state index in [9.17, 15) is 4.79 Å². The van der Waals surface area contributed by atoms with Gasteiger partial charge in [-0.25, -0.2) is 0 Å². The highest BCUT2D eigenvalue weighted by Gasteiger charge is 2.24. The van der Waals surface area contributed by atoms with Crippen molar-refractivity contribution < 1.29 is 9.53 Å². The van der Waals surface area contributed by atoms with Crippen molar-refractivity contribution in [2.45, 2.75) is 38.8 Å². The molecule has 4 nitrogen and oxygen atoms in total. The fourth-order valence-electron chi connectivity index (χ4n) is 1.69. The Bertz CT molecular complexity index is 202. The normalized spacial score (nSPS) is 23.1. The standard InChI is InChI=1S/C10H20N2O2.ClH/c1-3-4-9(11)10(13)12-5-6-14-8(2)7-12;/h8-9H,3-7,11H2,1-2H3;1H. The highest BCUT2D eigenvalue weighted by molar-refractivity contribution is 5.85. The molecule has 15 heavy (non-hydrogen) atoms. The number of hydrogen-bond acceptors (Lipinski definition) is 3. The molecule has 1 amide bonds. The van der Waals surface area contributed by atoms with Gasteiger partial charge in [0.2, 0.25) is 5.91 Å². The van der Waals surface area contributed by atoms with E-state index < -0.39 is 0 Å². The van der Waals surface area contributed by atoms with E-state index in [1.54, 1.807) is 0 Å². The van der Waals surface area contributed by atoms with Crippen molar-refractivity contribution in [2.75, 3.05) is 19.7 Å². The third-order valence-corrected chi connectivity index (χ3v) is 2.47. The first kappa shape index (κ1) is 14.7. The SMILES string of the molecule is CCCC(N)C(=O)N1CCOC(C)C1.Cl. The quantitative estimate of drug-likeness (QED) is 0.788. The van der Waals surface area contributed by atoms with Gasteiger partial charge in [0, 0.05) is 13.1 Å². The fourth-order valence-corrected chi connectivity index (χ4v) is 1.69. The van der Waals surface area contributed by atoms with Gasteiger partial charge in [-0.15, -0.1) is 12.4 Å². The fraction of sp³-hybridized carbons (Fsp3) is 0.900. The minimum Gasteiger partial charge on any atom is -0.375 e. The molecule has 90 valence electrons. The number of morpholine rings is 1. The zero-order valence-corrected chi connectivity index (χ0v) is 10.3. The number of hydrogen-bond donors (Lipinski definition) is 1. The molecular weight excluding hydrogens is 216 g/mol. The molecule has 0 aromatic heterocycles. The lowest BCUT2D eigenvalue weighted by Gasteiger charge is -2.32. The summed E-state index contributed by atoms with van der Waals surface area (Å²) in [6, 6.07) is -0.328. The Hall–Kier alpha value is -0.320. The summed E-state index contributed by atoms with van der Waals surface area (Å²) in [5, 5.41) is 0. The number of carbonyl (C=O) groups excluding carboxylic acids is 1. The summed E-state index contributed by atoms with van der Waals surface area (Å²) in [6.07, 6.45) is 1.86. The maximum absolute atomic E-state index is 11.8. The van der Waals surface area contributed by atoms with Crippen molar-refractivity contribution in [3.8, 4) is 0 Å². The summed E-state index contributed by atoms with van der Waals surface area (Å²) in [5.74, 6) is 0.0713. The maximum atomic E-state index is 11.8. The van der Waals surface area contributed by atoms with Gasteiger partial charge in [-0.1, -0.05) is 13.3 Å². The van der Waals surface area contributed by atoms with Crippen LogP contribution in [0, 0.1) is 0 Å². The molecule has 1 aliphatic heterocycles. The smallest absolute Gasteiger partial charge is 0.239 e. The van der Waals surface area contributed by atoms with Gasteiger partial charge in [0.15, 0.2) is 0 Å². The van der Waals surface area contributed by atoms with Crippen LogP contribution in [0.15, 0.2) is 0 Å². The van der Waals surface area contributed by atoms with Crippen LogP contribution in [0.5, 0.6) is 0 Å². The molecule has 0 bridgehead atoms. The lowest BCUT2D eigenvalue weighted by molar-refractivity contribution is -0.139. The average molecular weight is 237 g/mol. The predicted molar refractivity (Wildman–Crippen MR) is 62.1 cm³/mol. The minimum absolute atomic E-state index is 0. The van der Waals surface area contributed by atoms with Crippen LogP contribution in [-0.4, -0.2) is 42.6 Å². The molecule has 0 radical (unpaired) electrons. The molecule has 1 rings (SSSR count). The summed E-state index contributed by atoms with van der Waals surface area (Å²) in [5.41, 5.74) is 5.77. The number of nitrogens with zero attached hydrogens (tertiary/aromatic N) is 1. The molecule has 5 heteroatoms. The van der Waals surface area contributed by atoms with Gasteiger partial charge in [-0.2, -0.15) is 0 Å². The summed E-state index contributed by atoms with van der Waals surface area (Å²) in [4.78, 5) is 13.6. The lowest BCUT2D eigenvalue weighted by Crippen LogP contribution is -2.50. The van der Waals surface area contributed by atoms with Gasteiger partial charge < -0.3 is 15.4 Å². The molecule has 0 aromatic rings. The van der Waals surface area contributed by atoms with Crippen LogP contribution >= 0.6 is 12.4 Å². The topological polar surface area (TPSA) is 55.6 Å². The number of amides is 1. The van der Waals surface area contributed by atoms with E-state index in [4.69, 9.17) is 10.5 Å². The first-order valence-electron chi connectivity index (χ1n) is 5.31. The van der Waals surface area contributed by atoms with Crippen molar-refractivity contribution in [1.82, 2.24) is 4.90 Å². The Kier molecular flexibility index (Phi) is 6.89. The molecule has 1 aliphatic rings. The number of carbonyl (C=O) groups is 1. The monoisotopic (exact) mass is 236 g/mol. The van der Waals surface area contributed by atoms with Crippen LogP contribution in [0.25, 0.3) is 0 Å². The van der Waals surface area contributed by atoms with E-state index in [1.165, 1.54) is 0 Å². The first-order chi connectivity index (χ1) is 6.65. The van der Waals surface area contributed by atoms with Crippen molar-refractivity contribution in [3.63, 3.8) is 0 Å². The van der Waals surface area contributed by atoms with E-state index >= 15 is 0 Å². The van der Waals surface area contributed by atoms with E-state index in [-0.39, 0.29) is 30.5 Å². The highest BCUT2D eigenvalue weighted by Crippen LogP contribution is 2.07. The van der Waals surface area contributed by atoms with E-state index in [1.807, 2.05) is 18.7 Å². The Labute approximate surface area is 97.5 Å². The summed E-state index contributed by atoms with van der Waals surface area (Å²) >= 11 is 0. The highest BCUT2D eigenvalue weighted by atomic mass is 35.5. The minimum atomic E-state index is -0.328. The van der Waals surface area contributed by atoms with Crippen LogP contribution in [0.1, 0.15) is 26.7 Å². The van der Waals surface area contributed by atoms with Gasteiger partial charge in [0.1, 0.15) is 0 Å². The molecule has 1 fully saturated rings. The summed E-state index contributed by atoms with van der Waals surface area (Å²) in [7, 11) is 0. The second-order valence-electron chi connectivity index (χ2n) is 3.86. The Morgan fingerprint density at radius 3 is 2.87 bits per heavy atom. The molecule has 2 atom stereocenters. The van der Waals surface area contributed by atoms with Crippen molar-refractivity contribution >= 4 is 18.3 Å². The van der Waals surface area contributed by atoms with E-state index in [0.29, 0.717) is 19.7 Å². The summed E-state index contributed by atoms with van der Waals surface area (Å²) in [6.45, 7) is 6.00. The Balaban J connectivity index is 0.00000196. The third-order valence-electron chi connectivity index (χ3n) is 2.47. The molecule has 0 aromatic carbocycles. The molecule has 1 heterocycles. The molecule has 2 unspecified atom stereocenters. The third kappa shape index (κ3) is 4.36. The van der Waals surface area contributed by atoms with Crippen molar-refractivity contribution in [3.05, 3.63) is 0 Å². The second-order valence-corrected chi connectivity index (χ2v) is 3.86. The molecule has 1 saturated heterocycles. The Morgan fingerprint density at radius 2 is 2.33 bits per heavy atom. The zero-order chi connectivity index (χ0) is 10.6. The van der Waals surface area contributed by atoms with E-state index in [2.05, 4.69) is 0 Å². The molecular formula is C10H21ClN2O2. The summed E-state index contributed by atoms with van der Waals surface area (Å²) < 4.78 is 5.36. The van der Waals surface area contributed by atoms with Crippen LogP contribution in [0.4, 0.5) is 0 Å². The largest absolute Gasteiger partial charge is 0.375 e. The van der Waals surface area contributed by atoms with Crippen LogP contribution in [0.3, 0.4) is 0 Å². The zero-order valence-electron chi connectivity index (χ0n) is 9.44. The second kappa shape index (κ2) is 7.04. The van der Waals surface area contributed by atoms with Crippen LogP contribution < -0.4 is 5.73 Å². The van der Waals surface area contributed by atoms with Gasteiger partial charge in [-0.05, 0) is 13.3 Å². The molecule has 0 aliphatic carbocycles. The Morgan fingerprint density at radius 1 is 1.67 bits per heavy atom. The number of nitrogens with two attached hydrogens (primary N) is 1. The van der Waals surface area contributed by atoms with Crippen molar-refractivity contribution in [1.29, 1.82) is 0 Å². The lowest BCUT2D eigenvalue weighted by atomic mass is 10.1. The molecule has 0 spiro atoms. The van der Waals surface area contributed by atoms with Gasteiger partial charge >= 0.3 is 0 Å². The first-order valence-corrected chi connectivity index (χ1v) is 5.31. The van der Waals surface area contributed by atoms with Gasteiger partial charge in [0.25, 0.3) is 0 Å². The van der Waals surface area contributed by atoms with Crippen molar-refractivity contribution in [2.24, 2.45) is 5.73 Å². The maximum Gasteiger partial charge on any atom is 0.239 e. The van der Waals surface area contributed by atoms with Gasteiger partial charge in [-0.3, -0.25) is 4.79 Å². The number of halogens is 1. The molecule has 2 N–H and O–H groups in total. The van der Waals surface area contributed by atoms with Crippen LogP contribution in [0.2, 0.25) is 0 Å². The van der Waals surface area contributed by atoms with Gasteiger partial charge in [0.05, 0.1) is 18.8 Å². The van der Waals surface area contributed by atoms with E-state index in [0.717, 1.165) is 12.8 Å². The van der Waals surface area contributed by atoms with Crippen LogP contribution in [-0.2, 0) is 9.53 Å².